The number of ether oxygens (including phenoxy) is 1. The van der Waals surface area contributed by atoms with Crippen LogP contribution in [0.3, 0.4) is 0 Å². The molecular weight excluding hydrogens is 362 g/mol. The molecule has 1 fully saturated rings. The zero-order valence-electron chi connectivity index (χ0n) is 17.2. The van der Waals surface area contributed by atoms with Crippen LogP contribution in [0.2, 0.25) is 0 Å². The molecule has 1 aliphatic rings. The van der Waals surface area contributed by atoms with Crippen molar-refractivity contribution in [3.8, 4) is 17.0 Å². The third-order valence-corrected chi connectivity index (χ3v) is 6.04. The number of methoxy groups -OCH3 is 1. The van der Waals surface area contributed by atoms with Gasteiger partial charge in [0.2, 0.25) is 0 Å². The minimum Gasteiger partial charge on any atom is -0.493 e. The van der Waals surface area contributed by atoms with Gasteiger partial charge in [-0.15, -0.1) is 0 Å². The minimum absolute atomic E-state index is 0.391. The minimum atomic E-state index is 0.391. The number of aromatic nitrogens is 4. The van der Waals surface area contributed by atoms with Gasteiger partial charge in [-0.3, -0.25) is 0 Å². The van der Waals surface area contributed by atoms with Crippen molar-refractivity contribution >= 4 is 16.6 Å². The van der Waals surface area contributed by atoms with Gasteiger partial charge < -0.3 is 15.0 Å². The van der Waals surface area contributed by atoms with Crippen LogP contribution < -0.4 is 10.1 Å². The number of hydrogen-bond donors (Lipinski definition) is 2. The molecule has 1 aromatic carbocycles. The molecule has 0 spiro atoms. The predicted molar refractivity (Wildman–Crippen MR) is 116 cm³/mol. The molecule has 0 saturated carbocycles. The van der Waals surface area contributed by atoms with Crippen molar-refractivity contribution in [2.45, 2.75) is 32.6 Å². The van der Waals surface area contributed by atoms with Gasteiger partial charge >= 0.3 is 0 Å². The molecule has 2 N–H and O–H groups in total. The molecule has 3 aromatic heterocycles. The van der Waals surface area contributed by atoms with Crippen LogP contribution in [0.1, 0.15) is 37.3 Å². The number of aromatic amines is 1. The van der Waals surface area contributed by atoms with Gasteiger partial charge in [0.25, 0.3) is 0 Å². The van der Waals surface area contributed by atoms with E-state index in [4.69, 9.17) is 4.74 Å². The average molecular weight is 390 g/mol. The molecule has 29 heavy (non-hydrogen) atoms. The van der Waals surface area contributed by atoms with Gasteiger partial charge in [0.15, 0.2) is 11.4 Å². The second-order valence-corrected chi connectivity index (χ2v) is 8.34. The fourth-order valence-corrected chi connectivity index (χ4v) is 4.35. The Balaban J connectivity index is 1.60. The topological polar surface area (TPSA) is 67.2 Å². The van der Waals surface area contributed by atoms with Crippen molar-refractivity contribution in [1.82, 2.24) is 24.9 Å². The Kier molecular flexibility index (Phi) is 4.51. The van der Waals surface area contributed by atoms with E-state index >= 15 is 0 Å². The molecule has 4 heterocycles. The number of fused-ring (bicyclic) bond motifs is 2. The van der Waals surface area contributed by atoms with Gasteiger partial charge in [0.1, 0.15) is 6.33 Å². The van der Waals surface area contributed by atoms with Crippen LogP contribution in [0.5, 0.6) is 5.75 Å². The zero-order valence-corrected chi connectivity index (χ0v) is 17.2. The summed E-state index contributed by atoms with van der Waals surface area (Å²) in [7, 11) is 1.67. The normalized spacial score (nSPS) is 14.8. The maximum absolute atomic E-state index is 5.57. The summed E-state index contributed by atoms with van der Waals surface area (Å²) in [5.74, 6) is 1.95. The van der Waals surface area contributed by atoms with E-state index in [1.54, 1.807) is 18.0 Å². The first-order chi connectivity index (χ1) is 14.1. The molecular formula is C23H27N5O. The quantitative estimate of drug-likeness (QED) is 0.520. The molecule has 5 rings (SSSR count). The highest BCUT2D eigenvalue weighted by atomic mass is 16.5. The second kappa shape index (κ2) is 7.19. The number of nitrogens with one attached hydrogen (secondary N) is 2. The van der Waals surface area contributed by atoms with E-state index in [2.05, 4.69) is 52.4 Å². The average Bonchev–Trinajstić information content (AvgIpc) is 3.29. The summed E-state index contributed by atoms with van der Waals surface area (Å²) < 4.78 is 7.35. The lowest BCUT2D eigenvalue weighted by Gasteiger charge is -2.26. The van der Waals surface area contributed by atoms with Crippen molar-refractivity contribution in [1.29, 1.82) is 0 Å². The number of H-pyrrole nitrogens is 1. The maximum atomic E-state index is 5.57. The summed E-state index contributed by atoms with van der Waals surface area (Å²) in [6, 6.07) is 8.91. The molecule has 0 aliphatic carbocycles. The van der Waals surface area contributed by atoms with Crippen molar-refractivity contribution < 1.29 is 4.74 Å². The number of benzene rings is 1. The predicted octanol–water partition coefficient (Wildman–Crippen LogP) is 4.16. The van der Waals surface area contributed by atoms with Gasteiger partial charge in [-0.05, 0) is 67.1 Å². The van der Waals surface area contributed by atoms with E-state index in [0.717, 1.165) is 35.0 Å². The third kappa shape index (κ3) is 3.17. The molecule has 6 heteroatoms. The lowest BCUT2D eigenvalue weighted by Crippen LogP contribution is -2.42. The van der Waals surface area contributed by atoms with Crippen molar-refractivity contribution in [3.63, 3.8) is 0 Å². The van der Waals surface area contributed by atoms with Gasteiger partial charge in [-0.25, -0.2) is 9.50 Å². The molecule has 0 radical (unpaired) electrons. The number of pyridine rings is 1. The highest BCUT2D eigenvalue weighted by Gasteiger charge is 2.20. The standard InChI is InChI=1S/C23H27N5O/c1-14(2)21-18-8-15(4-5-16-10-24-11-16)6-7-19(18)27-22(21)17-9-20(29-3)23-25-13-26-28(23)12-17/h6-9,12-14,16,24,27H,4-5,10-11H2,1-3H3. The van der Waals surface area contributed by atoms with E-state index in [-0.39, 0.29) is 0 Å². The summed E-state index contributed by atoms with van der Waals surface area (Å²) in [5.41, 5.74) is 6.85. The SMILES string of the molecule is COc1cc(-c2[nH]c3ccc(CCC4CNC4)cc3c2C(C)C)cn2ncnc12. The number of rotatable bonds is 6. The highest BCUT2D eigenvalue weighted by molar-refractivity contribution is 5.92. The largest absolute Gasteiger partial charge is 0.493 e. The lowest BCUT2D eigenvalue weighted by molar-refractivity contribution is 0.328. The highest BCUT2D eigenvalue weighted by Crippen LogP contribution is 2.37. The Morgan fingerprint density at radius 1 is 1.24 bits per heavy atom. The van der Waals surface area contributed by atoms with E-state index in [1.165, 1.54) is 41.5 Å². The maximum Gasteiger partial charge on any atom is 0.197 e. The molecule has 1 aliphatic heterocycles. The first kappa shape index (κ1) is 18.2. The Hall–Kier alpha value is -2.86. The molecule has 0 unspecified atom stereocenters. The summed E-state index contributed by atoms with van der Waals surface area (Å²) in [5, 5.41) is 9.00. The zero-order chi connectivity index (χ0) is 20.0. The summed E-state index contributed by atoms with van der Waals surface area (Å²) in [4.78, 5) is 7.95. The molecule has 0 amide bonds. The van der Waals surface area contributed by atoms with Crippen LogP contribution in [-0.2, 0) is 6.42 Å². The van der Waals surface area contributed by atoms with Crippen molar-refractivity contribution in [2.75, 3.05) is 20.2 Å². The van der Waals surface area contributed by atoms with E-state index in [0.29, 0.717) is 5.92 Å². The monoisotopic (exact) mass is 389 g/mol. The molecule has 6 nitrogen and oxygen atoms in total. The first-order valence-electron chi connectivity index (χ1n) is 10.4. The third-order valence-electron chi connectivity index (χ3n) is 6.04. The van der Waals surface area contributed by atoms with Crippen molar-refractivity contribution in [3.05, 3.63) is 47.9 Å². The fourth-order valence-electron chi connectivity index (χ4n) is 4.35. The summed E-state index contributed by atoms with van der Waals surface area (Å²) in [6.07, 6.45) is 5.97. The van der Waals surface area contributed by atoms with Crippen LogP contribution in [-0.4, -0.2) is 39.8 Å². The molecule has 1 saturated heterocycles. The number of hydrogen-bond acceptors (Lipinski definition) is 4. The number of aryl methyl sites for hydroxylation is 1. The Morgan fingerprint density at radius 2 is 2.10 bits per heavy atom. The first-order valence-corrected chi connectivity index (χ1v) is 10.4. The Morgan fingerprint density at radius 3 is 2.83 bits per heavy atom. The van der Waals surface area contributed by atoms with Gasteiger partial charge in [-0.2, -0.15) is 5.10 Å². The van der Waals surface area contributed by atoms with E-state index in [9.17, 15) is 0 Å². The van der Waals surface area contributed by atoms with Gasteiger partial charge in [0, 0.05) is 22.7 Å². The second-order valence-electron chi connectivity index (χ2n) is 8.34. The van der Waals surface area contributed by atoms with Gasteiger partial charge in [0.05, 0.1) is 12.8 Å². The Labute approximate surface area is 170 Å². The van der Waals surface area contributed by atoms with Crippen LogP contribution in [0.15, 0.2) is 36.8 Å². The summed E-state index contributed by atoms with van der Waals surface area (Å²) in [6.45, 7) is 6.84. The molecule has 0 bridgehead atoms. The number of nitrogens with zero attached hydrogens (tertiary/aromatic N) is 3. The molecule has 4 aromatic rings. The van der Waals surface area contributed by atoms with Crippen LogP contribution in [0.4, 0.5) is 0 Å². The van der Waals surface area contributed by atoms with Crippen molar-refractivity contribution in [2.24, 2.45) is 5.92 Å². The van der Waals surface area contributed by atoms with Crippen LogP contribution in [0.25, 0.3) is 27.8 Å². The Bertz CT molecular complexity index is 1170. The van der Waals surface area contributed by atoms with Crippen LogP contribution in [0, 0.1) is 5.92 Å². The smallest absolute Gasteiger partial charge is 0.197 e. The van der Waals surface area contributed by atoms with Crippen LogP contribution >= 0.6 is 0 Å². The molecule has 150 valence electrons. The summed E-state index contributed by atoms with van der Waals surface area (Å²) >= 11 is 0. The molecule has 0 atom stereocenters. The van der Waals surface area contributed by atoms with E-state index < -0.39 is 0 Å². The van der Waals surface area contributed by atoms with E-state index in [1.807, 2.05) is 12.3 Å². The fraction of sp³-hybridized carbons (Fsp3) is 0.391. The lowest BCUT2D eigenvalue weighted by atomic mass is 9.92. The van der Waals surface area contributed by atoms with Gasteiger partial charge in [-0.1, -0.05) is 19.9 Å².